The van der Waals surface area contributed by atoms with Crippen LogP contribution < -0.4 is 5.73 Å². The van der Waals surface area contributed by atoms with Crippen molar-refractivity contribution < 1.29 is 0 Å². The highest BCUT2D eigenvalue weighted by molar-refractivity contribution is 7.13. The van der Waals surface area contributed by atoms with Gasteiger partial charge in [-0.1, -0.05) is 42.5 Å². The summed E-state index contributed by atoms with van der Waals surface area (Å²) in [6.45, 7) is 2.66. The maximum atomic E-state index is 5.95. The van der Waals surface area contributed by atoms with Crippen LogP contribution in [-0.2, 0) is 6.54 Å². The van der Waals surface area contributed by atoms with Crippen LogP contribution in [0.3, 0.4) is 0 Å². The van der Waals surface area contributed by atoms with Gasteiger partial charge >= 0.3 is 0 Å². The van der Waals surface area contributed by atoms with Gasteiger partial charge in [0, 0.05) is 10.9 Å². The summed E-state index contributed by atoms with van der Waals surface area (Å²) in [5, 5.41) is 11.3. The highest BCUT2D eigenvalue weighted by Gasteiger charge is 2.10. The molecule has 3 aromatic rings. The van der Waals surface area contributed by atoms with E-state index in [-0.39, 0.29) is 6.04 Å². The van der Waals surface area contributed by atoms with Gasteiger partial charge in [-0.25, -0.2) is 9.67 Å². The molecule has 0 spiro atoms. The van der Waals surface area contributed by atoms with E-state index < -0.39 is 0 Å². The number of hydrogen-bond acceptors (Lipinski definition) is 5. The average molecular weight is 299 g/mol. The van der Waals surface area contributed by atoms with Crippen LogP contribution >= 0.6 is 11.3 Å². The van der Waals surface area contributed by atoms with E-state index in [2.05, 4.69) is 32.8 Å². The van der Waals surface area contributed by atoms with E-state index in [1.54, 1.807) is 16.0 Å². The van der Waals surface area contributed by atoms with Crippen molar-refractivity contribution in [2.75, 3.05) is 0 Å². The van der Waals surface area contributed by atoms with Crippen LogP contribution in [0.25, 0.3) is 10.6 Å². The second-order valence-electron chi connectivity index (χ2n) is 4.87. The number of benzene rings is 1. The molecule has 1 unspecified atom stereocenters. The standard InChI is InChI=1S/C15H17N5S/c1-2-13(16)14-9-20(19-18-14)8-12-10-21-15(17-12)11-6-4-3-5-7-11/h3-7,9-10,13H,2,8,16H2,1H3. The van der Waals surface area contributed by atoms with E-state index in [9.17, 15) is 0 Å². The van der Waals surface area contributed by atoms with Crippen LogP contribution in [0.15, 0.2) is 41.9 Å². The Morgan fingerprint density at radius 2 is 2.10 bits per heavy atom. The number of rotatable bonds is 5. The summed E-state index contributed by atoms with van der Waals surface area (Å²) in [4.78, 5) is 4.65. The lowest BCUT2D eigenvalue weighted by atomic mass is 10.2. The summed E-state index contributed by atoms with van der Waals surface area (Å²) in [5.74, 6) is 0. The zero-order valence-corrected chi connectivity index (χ0v) is 12.6. The first-order chi connectivity index (χ1) is 10.3. The van der Waals surface area contributed by atoms with Gasteiger partial charge in [0.25, 0.3) is 0 Å². The van der Waals surface area contributed by atoms with Crippen molar-refractivity contribution >= 4 is 11.3 Å². The van der Waals surface area contributed by atoms with Gasteiger partial charge in [0.2, 0.25) is 0 Å². The Labute approximate surface area is 127 Å². The molecule has 0 amide bonds. The molecule has 2 heterocycles. The van der Waals surface area contributed by atoms with Crippen molar-refractivity contribution in [3.05, 3.63) is 53.3 Å². The Kier molecular flexibility index (Phi) is 4.08. The summed E-state index contributed by atoms with van der Waals surface area (Å²) >= 11 is 1.64. The van der Waals surface area contributed by atoms with Crippen LogP contribution in [0.5, 0.6) is 0 Å². The van der Waals surface area contributed by atoms with Crippen molar-refractivity contribution in [3.63, 3.8) is 0 Å². The Morgan fingerprint density at radius 3 is 2.86 bits per heavy atom. The van der Waals surface area contributed by atoms with Gasteiger partial charge < -0.3 is 5.73 Å². The molecular formula is C15H17N5S. The van der Waals surface area contributed by atoms with Gasteiger partial charge in [0.05, 0.1) is 30.2 Å². The van der Waals surface area contributed by atoms with E-state index in [1.165, 1.54) is 0 Å². The van der Waals surface area contributed by atoms with Crippen LogP contribution in [0.2, 0.25) is 0 Å². The highest BCUT2D eigenvalue weighted by Crippen LogP contribution is 2.23. The van der Waals surface area contributed by atoms with Gasteiger partial charge in [-0.2, -0.15) is 0 Å². The Balaban J connectivity index is 1.74. The molecule has 1 aromatic carbocycles. The maximum absolute atomic E-state index is 5.95. The fourth-order valence-electron chi connectivity index (χ4n) is 2.03. The van der Waals surface area contributed by atoms with Crippen LogP contribution in [0.1, 0.15) is 30.8 Å². The molecule has 6 heteroatoms. The fourth-order valence-corrected chi connectivity index (χ4v) is 2.85. The molecule has 0 bridgehead atoms. The van der Waals surface area contributed by atoms with Crippen molar-refractivity contribution in [1.82, 2.24) is 20.0 Å². The summed E-state index contributed by atoms with van der Waals surface area (Å²) in [6, 6.07) is 10.1. The van der Waals surface area contributed by atoms with Gasteiger partial charge in [-0.3, -0.25) is 0 Å². The number of nitrogens with two attached hydrogens (primary N) is 1. The summed E-state index contributed by atoms with van der Waals surface area (Å²) in [6.07, 6.45) is 2.75. The third-order valence-electron chi connectivity index (χ3n) is 3.27. The highest BCUT2D eigenvalue weighted by atomic mass is 32.1. The molecule has 0 fully saturated rings. The smallest absolute Gasteiger partial charge is 0.123 e. The predicted octanol–water partition coefficient (Wildman–Crippen LogP) is 2.86. The van der Waals surface area contributed by atoms with Gasteiger partial charge in [0.15, 0.2) is 0 Å². The Morgan fingerprint density at radius 1 is 1.29 bits per heavy atom. The molecule has 5 nitrogen and oxygen atoms in total. The Hall–Kier alpha value is -2.05. The van der Waals surface area contributed by atoms with Crippen LogP contribution in [0, 0.1) is 0 Å². The van der Waals surface area contributed by atoms with E-state index >= 15 is 0 Å². The SMILES string of the molecule is CCC(N)c1cn(Cc2csc(-c3ccccc3)n2)nn1. The average Bonchev–Trinajstić information content (AvgIpc) is 3.17. The van der Waals surface area contributed by atoms with Crippen molar-refractivity contribution in [2.45, 2.75) is 25.9 Å². The number of nitrogens with zero attached hydrogens (tertiary/aromatic N) is 4. The molecule has 1 atom stereocenters. The molecule has 0 radical (unpaired) electrons. The van der Waals surface area contributed by atoms with Crippen LogP contribution in [0.4, 0.5) is 0 Å². The molecule has 108 valence electrons. The molecule has 0 saturated heterocycles. The molecule has 0 aliphatic carbocycles. The first kappa shape index (κ1) is 13.9. The van der Waals surface area contributed by atoms with E-state index in [4.69, 9.17) is 5.73 Å². The summed E-state index contributed by atoms with van der Waals surface area (Å²) < 4.78 is 1.79. The van der Waals surface area contributed by atoms with E-state index in [0.29, 0.717) is 6.54 Å². The van der Waals surface area contributed by atoms with E-state index in [1.807, 2.05) is 31.3 Å². The lowest BCUT2D eigenvalue weighted by Gasteiger charge is -2.01. The van der Waals surface area contributed by atoms with Crippen LogP contribution in [-0.4, -0.2) is 20.0 Å². The molecule has 3 rings (SSSR count). The molecule has 0 saturated carbocycles. The lowest BCUT2D eigenvalue weighted by Crippen LogP contribution is -2.08. The predicted molar refractivity (Wildman–Crippen MR) is 83.9 cm³/mol. The zero-order valence-electron chi connectivity index (χ0n) is 11.8. The molecule has 2 N–H and O–H groups in total. The first-order valence-corrected chi connectivity index (χ1v) is 7.79. The third kappa shape index (κ3) is 3.17. The zero-order chi connectivity index (χ0) is 14.7. The molecule has 0 aliphatic rings. The molecule has 0 aliphatic heterocycles. The largest absolute Gasteiger partial charge is 0.323 e. The Bertz CT molecular complexity index is 704. The minimum atomic E-state index is -0.0472. The quantitative estimate of drug-likeness (QED) is 0.786. The normalized spacial score (nSPS) is 12.5. The molecule has 21 heavy (non-hydrogen) atoms. The minimum absolute atomic E-state index is 0.0472. The summed E-state index contributed by atoms with van der Waals surface area (Å²) in [7, 11) is 0. The lowest BCUT2D eigenvalue weighted by molar-refractivity contribution is 0.637. The minimum Gasteiger partial charge on any atom is -0.323 e. The monoisotopic (exact) mass is 299 g/mol. The van der Waals surface area contributed by atoms with Crippen molar-refractivity contribution in [1.29, 1.82) is 0 Å². The van der Waals surface area contributed by atoms with Crippen molar-refractivity contribution in [2.24, 2.45) is 5.73 Å². The molecular weight excluding hydrogens is 282 g/mol. The third-order valence-corrected chi connectivity index (χ3v) is 4.21. The number of aromatic nitrogens is 4. The van der Waals surface area contributed by atoms with Gasteiger partial charge in [0.1, 0.15) is 5.01 Å². The number of hydrogen-bond donors (Lipinski definition) is 1. The molecule has 2 aromatic heterocycles. The second-order valence-corrected chi connectivity index (χ2v) is 5.72. The summed E-state index contributed by atoms with van der Waals surface area (Å²) in [5.41, 5.74) is 8.91. The fraction of sp³-hybridized carbons (Fsp3) is 0.267. The van der Waals surface area contributed by atoms with Gasteiger partial charge in [-0.15, -0.1) is 16.4 Å². The maximum Gasteiger partial charge on any atom is 0.123 e. The second kappa shape index (κ2) is 6.15. The topological polar surface area (TPSA) is 69.6 Å². The van der Waals surface area contributed by atoms with E-state index in [0.717, 1.165) is 28.4 Å². The first-order valence-electron chi connectivity index (χ1n) is 6.91. The van der Waals surface area contributed by atoms with Crippen molar-refractivity contribution in [3.8, 4) is 10.6 Å². The number of thiazole rings is 1. The van der Waals surface area contributed by atoms with Gasteiger partial charge in [-0.05, 0) is 6.42 Å².